The van der Waals surface area contributed by atoms with Crippen molar-refractivity contribution in [3.63, 3.8) is 0 Å². The molecule has 96 valence electrons. The monoisotopic (exact) mass is 254 g/mol. The summed E-state index contributed by atoms with van der Waals surface area (Å²) in [4.78, 5) is 16.9. The molecule has 0 bridgehead atoms. The van der Waals surface area contributed by atoms with Gasteiger partial charge in [0.2, 0.25) is 0 Å². The number of hydrogen-bond donors (Lipinski definition) is 1. The van der Waals surface area contributed by atoms with Crippen molar-refractivity contribution >= 4 is 22.9 Å². The summed E-state index contributed by atoms with van der Waals surface area (Å²) in [6.07, 6.45) is 5.40. The normalized spacial score (nSPS) is 20.5. The van der Waals surface area contributed by atoms with Crippen molar-refractivity contribution in [2.24, 2.45) is 4.99 Å². The number of benzene rings is 1. The number of hydrogen-bond acceptors (Lipinski definition) is 4. The predicted molar refractivity (Wildman–Crippen MR) is 74.9 cm³/mol. The summed E-state index contributed by atoms with van der Waals surface area (Å²) in [5.41, 5.74) is 8.85. The first-order valence-corrected chi connectivity index (χ1v) is 6.24. The Kier molecular flexibility index (Phi) is 2.80. The first-order valence-electron chi connectivity index (χ1n) is 6.24. The number of ether oxygens (including phenoxy) is 1. The summed E-state index contributed by atoms with van der Waals surface area (Å²) in [5.74, 6) is -0.0194. The lowest BCUT2D eigenvalue weighted by Crippen LogP contribution is -2.23. The van der Waals surface area contributed by atoms with Crippen molar-refractivity contribution in [1.82, 2.24) is 0 Å². The Balaban J connectivity index is 2.07. The molecule has 1 aromatic carbocycles. The van der Waals surface area contributed by atoms with E-state index >= 15 is 0 Å². The van der Waals surface area contributed by atoms with Crippen LogP contribution in [0.1, 0.15) is 17.3 Å². The summed E-state index contributed by atoms with van der Waals surface area (Å²) >= 11 is 0. The molecule has 0 fully saturated rings. The van der Waals surface area contributed by atoms with Crippen molar-refractivity contribution in [1.29, 1.82) is 0 Å². The van der Waals surface area contributed by atoms with Gasteiger partial charge in [-0.3, -0.25) is 4.79 Å². The minimum absolute atomic E-state index is 0.0194. The Labute approximate surface area is 111 Å². The van der Waals surface area contributed by atoms with E-state index in [1.807, 2.05) is 25.2 Å². The number of ketones is 1. The van der Waals surface area contributed by atoms with Crippen molar-refractivity contribution in [2.45, 2.75) is 13.0 Å². The standard InChI is InChI=1S/C15H14N2O2/c1-2-19-10-4-6-13-12(8-10)15(18)11-5-3-9(16)7-14(11)17-13/h3-8,10H,2,16H2,1H3. The van der Waals surface area contributed by atoms with Crippen LogP contribution >= 0.6 is 0 Å². The SMILES string of the molecule is CCOC1C=CC2=Nc3cc(N)ccc3C(=O)C2=C1. The summed E-state index contributed by atoms with van der Waals surface area (Å²) in [6.45, 7) is 2.53. The molecule has 3 rings (SSSR count). The number of carbonyl (C=O) groups is 1. The molecule has 1 atom stereocenters. The van der Waals surface area contributed by atoms with Crippen molar-refractivity contribution in [3.05, 3.63) is 47.6 Å². The number of nitrogens with zero attached hydrogens (tertiary/aromatic N) is 1. The maximum atomic E-state index is 12.4. The molecule has 2 N–H and O–H groups in total. The summed E-state index contributed by atoms with van der Waals surface area (Å²) in [7, 11) is 0. The van der Waals surface area contributed by atoms with Crippen LogP contribution in [-0.2, 0) is 4.74 Å². The van der Waals surface area contributed by atoms with Gasteiger partial charge in [0, 0.05) is 23.4 Å². The highest BCUT2D eigenvalue weighted by Crippen LogP contribution is 2.32. The van der Waals surface area contributed by atoms with Gasteiger partial charge in [-0.1, -0.05) is 0 Å². The fourth-order valence-corrected chi connectivity index (χ4v) is 2.27. The smallest absolute Gasteiger partial charge is 0.197 e. The van der Waals surface area contributed by atoms with Gasteiger partial charge in [0.15, 0.2) is 5.78 Å². The second kappa shape index (κ2) is 4.48. The van der Waals surface area contributed by atoms with Gasteiger partial charge < -0.3 is 10.5 Å². The summed E-state index contributed by atoms with van der Waals surface area (Å²) < 4.78 is 5.50. The van der Waals surface area contributed by atoms with Gasteiger partial charge in [-0.2, -0.15) is 0 Å². The number of nitrogen functional groups attached to an aromatic ring is 1. The zero-order valence-corrected chi connectivity index (χ0v) is 10.6. The van der Waals surface area contributed by atoms with Gasteiger partial charge in [-0.15, -0.1) is 0 Å². The van der Waals surface area contributed by atoms with E-state index < -0.39 is 0 Å². The molecule has 1 heterocycles. The van der Waals surface area contributed by atoms with E-state index in [9.17, 15) is 4.79 Å². The fourth-order valence-electron chi connectivity index (χ4n) is 2.27. The number of rotatable bonds is 2. The van der Waals surface area contributed by atoms with Gasteiger partial charge in [-0.05, 0) is 43.4 Å². The van der Waals surface area contributed by atoms with Gasteiger partial charge >= 0.3 is 0 Å². The second-order valence-corrected chi connectivity index (χ2v) is 4.46. The highest BCUT2D eigenvalue weighted by Gasteiger charge is 2.27. The Morgan fingerprint density at radius 2 is 2.26 bits per heavy atom. The number of anilines is 1. The molecule has 0 spiro atoms. The van der Waals surface area contributed by atoms with E-state index in [0.29, 0.717) is 34.8 Å². The third-order valence-electron chi connectivity index (χ3n) is 3.16. The van der Waals surface area contributed by atoms with Gasteiger partial charge in [0.25, 0.3) is 0 Å². The summed E-state index contributed by atoms with van der Waals surface area (Å²) in [5, 5.41) is 0. The lowest BCUT2D eigenvalue weighted by molar-refractivity contribution is 0.102. The molecule has 2 aliphatic rings. The van der Waals surface area contributed by atoms with Crippen LogP contribution in [0.5, 0.6) is 0 Å². The maximum absolute atomic E-state index is 12.4. The predicted octanol–water partition coefficient (Wildman–Crippen LogP) is 2.44. The van der Waals surface area contributed by atoms with E-state index in [4.69, 9.17) is 10.5 Å². The highest BCUT2D eigenvalue weighted by atomic mass is 16.5. The largest absolute Gasteiger partial charge is 0.399 e. The zero-order chi connectivity index (χ0) is 13.4. The molecule has 1 unspecified atom stereocenters. The molecule has 0 amide bonds. The van der Waals surface area contributed by atoms with Crippen LogP contribution in [-0.4, -0.2) is 24.2 Å². The van der Waals surface area contributed by atoms with E-state index in [0.717, 1.165) is 0 Å². The number of aliphatic imine (C=N–C) groups is 1. The van der Waals surface area contributed by atoms with Crippen LogP contribution in [0.25, 0.3) is 0 Å². The molecule has 0 saturated carbocycles. The van der Waals surface area contributed by atoms with Gasteiger partial charge in [-0.25, -0.2) is 4.99 Å². The van der Waals surface area contributed by atoms with E-state index in [-0.39, 0.29) is 11.9 Å². The minimum Gasteiger partial charge on any atom is -0.399 e. The third-order valence-corrected chi connectivity index (χ3v) is 3.16. The molecular formula is C15H14N2O2. The van der Waals surface area contributed by atoms with E-state index in [1.54, 1.807) is 18.2 Å². The molecule has 19 heavy (non-hydrogen) atoms. The topological polar surface area (TPSA) is 64.7 Å². The molecule has 4 heteroatoms. The number of fused-ring (bicyclic) bond motifs is 2. The first kappa shape index (κ1) is 11.9. The molecular weight excluding hydrogens is 240 g/mol. The van der Waals surface area contributed by atoms with Crippen LogP contribution in [0.15, 0.2) is 47.0 Å². The third kappa shape index (κ3) is 2.00. The van der Waals surface area contributed by atoms with E-state index in [2.05, 4.69) is 4.99 Å². The highest BCUT2D eigenvalue weighted by molar-refractivity contribution is 6.35. The van der Waals surface area contributed by atoms with Gasteiger partial charge in [0.05, 0.1) is 17.5 Å². The van der Waals surface area contributed by atoms with Crippen LogP contribution in [0, 0.1) is 0 Å². The molecule has 1 aliphatic heterocycles. The molecule has 0 aromatic heterocycles. The van der Waals surface area contributed by atoms with Crippen molar-refractivity contribution in [3.8, 4) is 0 Å². The van der Waals surface area contributed by atoms with Crippen molar-refractivity contribution < 1.29 is 9.53 Å². The number of Topliss-reactive ketones (excluding diaryl/α,β-unsaturated/α-hetero) is 1. The molecule has 0 saturated heterocycles. The number of nitrogens with two attached hydrogens (primary N) is 1. The average Bonchev–Trinajstić information content (AvgIpc) is 2.40. The van der Waals surface area contributed by atoms with Crippen LogP contribution in [0.3, 0.4) is 0 Å². The first-order chi connectivity index (χ1) is 9.19. The Morgan fingerprint density at radius 3 is 3.05 bits per heavy atom. The molecule has 1 aliphatic carbocycles. The minimum atomic E-state index is -0.154. The Morgan fingerprint density at radius 1 is 1.42 bits per heavy atom. The zero-order valence-electron chi connectivity index (χ0n) is 10.6. The fraction of sp³-hybridized carbons (Fsp3) is 0.200. The molecule has 4 nitrogen and oxygen atoms in total. The maximum Gasteiger partial charge on any atom is 0.197 e. The van der Waals surface area contributed by atoms with Crippen LogP contribution in [0.4, 0.5) is 11.4 Å². The van der Waals surface area contributed by atoms with Gasteiger partial charge in [0.1, 0.15) is 0 Å². The lowest BCUT2D eigenvalue weighted by atomic mass is 9.90. The summed E-state index contributed by atoms with van der Waals surface area (Å²) in [6, 6.07) is 5.16. The quantitative estimate of drug-likeness (QED) is 0.824. The Bertz CT molecular complexity index is 642. The van der Waals surface area contributed by atoms with Crippen molar-refractivity contribution in [2.75, 3.05) is 12.3 Å². The van der Waals surface area contributed by atoms with E-state index in [1.165, 1.54) is 0 Å². The molecule has 0 radical (unpaired) electrons. The lowest BCUT2D eigenvalue weighted by Gasteiger charge is -2.21. The van der Waals surface area contributed by atoms with Crippen LogP contribution < -0.4 is 5.73 Å². The Hall–Kier alpha value is -2.20. The molecule has 1 aromatic rings. The average molecular weight is 254 g/mol. The number of carbonyl (C=O) groups excluding carboxylic acids is 1. The second-order valence-electron chi connectivity index (χ2n) is 4.46. The number of allylic oxidation sites excluding steroid dienone is 2. The van der Waals surface area contributed by atoms with Crippen LogP contribution in [0.2, 0.25) is 0 Å².